The van der Waals surface area contributed by atoms with Crippen LogP contribution in [0.15, 0.2) is 12.7 Å². The number of carbonyl (C=O) groups excluding carboxylic acids is 1. The van der Waals surface area contributed by atoms with Crippen LogP contribution in [0.3, 0.4) is 0 Å². The molecular weight excluding hydrogens is 102 g/mol. The van der Waals surface area contributed by atoms with Crippen molar-refractivity contribution >= 4 is 5.91 Å². The molecule has 8 heavy (non-hydrogen) atoms. The fraction of sp³-hybridized carbons (Fsp3) is 0.500. The van der Waals surface area contributed by atoms with E-state index in [-0.39, 0.29) is 11.4 Å². The van der Waals surface area contributed by atoms with Crippen LogP contribution < -0.4 is 5.32 Å². The van der Waals surface area contributed by atoms with Crippen LogP contribution in [-0.4, -0.2) is 11.4 Å². The third-order valence-electron chi connectivity index (χ3n) is 1.40. The Morgan fingerprint density at radius 2 is 2.50 bits per heavy atom. The largest absolute Gasteiger partial charge is 0.347 e. The summed E-state index contributed by atoms with van der Waals surface area (Å²) in [4.78, 5) is 10.3. The highest BCUT2D eigenvalue weighted by Crippen LogP contribution is 2.18. The van der Waals surface area contributed by atoms with Crippen LogP contribution in [0.25, 0.3) is 0 Å². The highest BCUT2D eigenvalue weighted by molar-refractivity contribution is 5.85. The molecule has 0 bridgehead atoms. The number of rotatable bonds is 1. The summed E-state index contributed by atoms with van der Waals surface area (Å²) >= 11 is 0. The van der Waals surface area contributed by atoms with Gasteiger partial charge in [-0.2, -0.15) is 0 Å². The highest BCUT2D eigenvalue weighted by Gasteiger charge is 2.34. The minimum absolute atomic E-state index is 0.100. The van der Waals surface area contributed by atoms with Crippen LogP contribution in [0.4, 0.5) is 0 Å². The van der Waals surface area contributed by atoms with Crippen LogP contribution in [-0.2, 0) is 4.79 Å². The Kier molecular flexibility index (Phi) is 0.897. The molecule has 0 aromatic heterocycles. The number of hydrogen-bond acceptors (Lipinski definition) is 1. The Morgan fingerprint density at radius 1 is 2.00 bits per heavy atom. The quantitative estimate of drug-likeness (QED) is 0.386. The van der Waals surface area contributed by atoms with Gasteiger partial charge in [0.25, 0.3) is 0 Å². The predicted octanol–water partition coefficient (Wildman–Crippen LogP) is 0.451. The molecule has 1 rings (SSSR count). The van der Waals surface area contributed by atoms with Gasteiger partial charge in [0.2, 0.25) is 5.91 Å². The molecule has 0 spiro atoms. The topological polar surface area (TPSA) is 29.1 Å². The van der Waals surface area contributed by atoms with Crippen molar-refractivity contribution in [1.29, 1.82) is 0 Å². The monoisotopic (exact) mass is 111 g/mol. The first-order chi connectivity index (χ1) is 3.66. The number of nitrogens with one attached hydrogen (secondary N) is 1. The zero-order valence-corrected chi connectivity index (χ0v) is 4.90. The normalized spacial score (nSPS) is 35.4. The molecule has 1 aliphatic heterocycles. The number of amides is 1. The average molecular weight is 111 g/mol. The molecule has 1 amide bonds. The summed E-state index contributed by atoms with van der Waals surface area (Å²) in [7, 11) is 0. The fourth-order valence-corrected chi connectivity index (χ4v) is 0.757. The van der Waals surface area contributed by atoms with Crippen molar-refractivity contribution in [2.45, 2.75) is 18.9 Å². The third kappa shape index (κ3) is 0.619. The van der Waals surface area contributed by atoms with Crippen molar-refractivity contribution in [3.8, 4) is 0 Å². The molecule has 1 fully saturated rings. The van der Waals surface area contributed by atoms with Crippen molar-refractivity contribution in [3.63, 3.8) is 0 Å². The van der Waals surface area contributed by atoms with Crippen LogP contribution in [0.2, 0.25) is 0 Å². The lowest BCUT2D eigenvalue weighted by atomic mass is 9.90. The van der Waals surface area contributed by atoms with Crippen LogP contribution >= 0.6 is 0 Å². The van der Waals surface area contributed by atoms with Crippen molar-refractivity contribution < 1.29 is 4.79 Å². The summed E-state index contributed by atoms with van der Waals surface area (Å²) < 4.78 is 0. The van der Waals surface area contributed by atoms with Gasteiger partial charge in [0, 0.05) is 0 Å². The summed E-state index contributed by atoms with van der Waals surface area (Å²) in [5, 5.41) is 2.71. The highest BCUT2D eigenvalue weighted by atomic mass is 16.2. The molecule has 0 unspecified atom stereocenters. The Hall–Kier alpha value is -0.790. The van der Waals surface area contributed by atoms with E-state index in [0.29, 0.717) is 6.42 Å². The van der Waals surface area contributed by atoms with E-state index in [1.54, 1.807) is 6.08 Å². The Bertz CT molecular complexity index is 131. The van der Waals surface area contributed by atoms with E-state index in [1.165, 1.54) is 0 Å². The molecular formula is C6H9NO. The lowest BCUT2D eigenvalue weighted by Crippen LogP contribution is -2.57. The first-order valence-electron chi connectivity index (χ1n) is 2.61. The molecule has 1 atom stereocenters. The molecule has 0 saturated carbocycles. The second-order valence-electron chi connectivity index (χ2n) is 2.35. The lowest BCUT2D eigenvalue weighted by Gasteiger charge is -2.35. The molecule has 1 aliphatic rings. The molecule has 1 saturated heterocycles. The van der Waals surface area contributed by atoms with Gasteiger partial charge in [0.1, 0.15) is 0 Å². The van der Waals surface area contributed by atoms with Gasteiger partial charge in [-0.15, -0.1) is 6.58 Å². The van der Waals surface area contributed by atoms with Gasteiger partial charge in [0.05, 0.1) is 12.0 Å². The molecule has 0 aliphatic carbocycles. The van der Waals surface area contributed by atoms with Gasteiger partial charge in [-0.1, -0.05) is 6.08 Å². The standard InChI is InChI=1S/C6H9NO/c1-3-6(2)4-5(8)7-6/h3H,1,4H2,2H3,(H,7,8)/t6-/m1/s1. The second-order valence-corrected chi connectivity index (χ2v) is 2.35. The number of carbonyl (C=O) groups is 1. The summed E-state index contributed by atoms with van der Waals surface area (Å²) in [5.74, 6) is 0.118. The van der Waals surface area contributed by atoms with E-state index >= 15 is 0 Å². The van der Waals surface area contributed by atoms with E-state index < -0.39 is 0 Å². The SMILES string of the molecule is C=C[C@]1(C)CC(=O)N1. The molecule has 2 nitrogen and oxygen atoms in total. The summed E-state index contributed by atoms with van der Waals surface area (Å²) in [6.45, 7) is 5.52. The Morgan fingerprint density at radius 3 is 2.62 bits per heavy atom. The van der Waals surface area contributed by atoms with Gasteiger partial charge in [0.15, 0.2) is 0 Å². The zero-order valence-electron chi connectivity index (χ0n) is 4.90. The van der Waals surface area contributed by atoms with Crippen LogP contribution in [0.1, 0.15) is 13.3 Å². The fourth-order valence-electron chi connectivity index (χ4n) is 0.757. The van der Waals surface area contributed by atoms with E-state index in [0.717, 1.165) is 0 Å². The van der Waals surface area contributed by atoms with Crippen molar-refractivity contribution in [2.24, 2.45) is 0 Å². The molecule has 0 aromatic carbocycles. The first-order valence-corrected chi connectivity index (χ1v) is 2.61. The van der Waals surface area contributed by atoms with E-state index in [1.807, 2.05) is 6.92 Å². The maximum atomic E-state index is 10.3. The first kappa shape index (κ1) is 5.35. The average Bonchev–Trinajstić information content (AvgIpc) is 1.63. The molecule has 1 N–H and O–H groups in total. The maximum Gasteiger partial charge on any atom is 0.223 e. The Balaban J connectivity index is 2.52. The summed E-state index contributed by atoms with van der Waals surface area (Å²) in [6, 6.07) is 0. The van der Waals surface area contributed by atoms with Gasteiger partial charge < -0.3 is 5.32 Å². The van der Waals surface area contributed by atoms with E-state index in [2.05, 4.69) is 11.9 Å². The molecule has 2 heteroatoms. The van der Waals surface area contributed by atoms with E-state index in [9.17, 15) is 4.79 Å². The minimum Gasteiger partial charge on any atom is -0.347 e. The zero-order chi connectivity index (χ0) is 6.20. The summed E-state index contributed by atoms with van der Waals surface area (Å²) in [6.07, 6.45) is 2.35. The third-order valence-corrected chi connectivity index (χ3v) is 1.40. The van der Waals surface area contributed by atoms with Crippen LogP contribution in [0, 0.1) is 0 Å². The van der Waals surface area contributed by atoms with Crippen molar-refractivity contribution in [1.82, 2.24) is 5.32 Å². The van der Waals surface area contributed by atoms with Gasteiger partial charge >= 0.3 is 0 Å². The van der Waals surface area contributed by atoms with Gasteiger partial charge in [-0.25, -0.2) is 0 Å². The second kappa shape index (κ2) is 1.34. The van der Waals surface area contributed by atoms with Crippen molar-refractivity contribution in [3.05, 3.63) is 12.7 Å². The molecule has 44 valence electrons. The maximum absolute atomic E-state index is 10.3. The minimum atomic E-state index is -0.100. The predicted molar refractivity (Wildman–Crippen MR) is 31.4 cm³/mol. The molecule has 0 radical (unpaired) electrons. The van der Waals surface area contributed by atoms with Crippen molar-refractivity contribution in [2.75, 3.05) is 0 Å². The smallest absolute Gasteiger partial charge is 0.223 e. The number of hydrogen-bond donors (Lipinski definition) is 1. The molecule has 0 aromatic rings. The van der Waals surface area contributed by atoms with Gasteiger partial charge in [-0.3, -0.25) is 4.79 Å². The molecule has 1 heterocycles. The number of β-lactam (4-membered cyclic amide) rings is 1. The lowest BCUT2D eigenvalue weighted by molar-refractivity contribution is -0.130. The van der Waals surface area contributed by atoms with E-state index in [4.69, 9.17) is 0 Å². The van der Waals surface area contributed by atoms with Crippen LogP contribution in [0.5, 0.6) is 0 Å². The summed E-state index contributed by atoms with van der Waals surface area (Å²) in [5.41, 5.74) is -0.100. The van der Waals surface area contributed by atoms with Gasteiger partial charge in [-0.05, 0) is 6.92 Å². The Labute approximate surface area is 48.6 Å².